The molecule has 0 fully saturated rings. The molecule has 0 amide bonds. The van der Waals surface area contributed by atoms with Crippen LogP contribution in [0, 0.1) is 0 Å². The van der Waals surface area contributed by atoms with Crippen molar-refractivity contribution in [3.05, 3.63) is 170 Å². The van der Waals surface area contributed by atoms with Crippen LogP contribution in [-0.2, 0) is 0 Å². The highest BCUT2D eigenvalue weighted by Gasteiger charge is 2.22. The highest BCUT2D eigenvalue weighted by Crippen LogP contribution is 2.48. The van der Waals surface area contributed by atoms with Crippen molar-refractivity contribution in [1.29, 1.82) is 0 Å². The van der Waals surface area contributed by atoms with Crippen LogP contribution in [0.1, 0.15) is 0 Å². The lowest BCUT2D eigenvalue weighted by atomic mass is 9.85. The number of fused-ring (bicyclic) bond motifs is 12. The molecular weight excluding hydrogens is 649 g/mol. The highest BCUT2D eigenvalue weighted by atomic mass is 16.3. The van der Waals surface area contributed by atoms with Crippen LogP contribution in [0.25, 0.3) is 115 Å². The first kappa shape index (κ1) is 28.5. The summed E-state index contributed by atoms with van der Waals surface area (Å²) in [4.78, 5) is 4.55. The van der Waals surface area contributed by atoms with E-state index in [2.05, 4.69) is 167 Å². The van der Waals surface area contributed by atoms with Gasteiger partial charge in [0.15, 0.2) is 0 Å². The van der Waals surface area contributed by atoms with Crippen LogP contribution in [0.15, 0.2) is 179 Å². The normalized spacial score (nSPS) is 12.2. The minimum absolute atomic E-state index is 0.654. The van der Waals surface area contributed by atoms with Gasteiger partial charge in [-0.3, -0.25) is 0 Å². The Labute approximate surface area is 302 Å². The van der Waals surface area contributed by atoms with Gasteiger partial charge in [0.2, 0.25) is 5.71 Å². The van der Waals surface area contributed by atoms with E-state index in [4.69, 9.17) is 8.83 Å². The first-order chi connectivity index (χ1) is 26.3. The predicted octanol–water partition coefficient (Wildman–Crippen LogP) is 13.6. The van der Waals surface area contributed by atoms with Crippen molar-refractivity contribution in [1.82, 2.24) is 9.55 Å². The number of hydrogen-bond donors (Lipinski definition) is 0. The summed E-state index contributed by atoms with van der Waals surface area (Å²) in [5.74, 6) is 0. The van der Waals surface area contributed by atoms with Crippen LogP contribution in [0.2, 0.25) is 0 Å². The summed E-state index contributed by atoms with van der Waals surface area (Å²) in [5, 5.41) is 11.5. The Hall–Kier alpha value is -7.17. The Kier molecular flexibility index (Phi) is 5.74. The van der Waals surface area contributed by atoms with E-state index in [-0.39, 0.29) is 0 Å². The molecule has 12 aromatic rings. The second kappa shape index (κ2) is 10.7. The maximum Gasteiger partial charge on any atom is 0.227 e. The Bertz CT molecular complexity index is 3400. The molecule has 53 heavy (non-hydrogen) atoms. The molecule has 0 radical (unpaired) electrons. The van der Waals surface area contributed by atoms with Gasteiger partial charge in [0.05, 0.1) is 11.0 Å². The van der Waals surface area contributed by atoms with E-state index in [0.717, 1.165) is 66.2 Å². The van der Waals surface area contributed by atoms with Gasteiger partial charge < -0.3 is 13.4 Å². The predicted molar refractivity (Wildman–Crippen MR) is 219 cm³/mol. The average molecular weight is 677 g/mol. The topological polar surface area (TPSA) is 44.1 Å². The zero-order chi connectivity index (χ0) is 34.6. The van der Waals surface area contributed by atoms with Crippen molar-refractivity contribution in [3.63, 3.8) is 0 Å². The summed E-state index contributed by atoms with van der Waals surface area (Å²) in [7, 11) is 0. The number of aromatic nitrogens is 2. The van der Waals surface area contributed by atoms with Gasteiger partial charge in [-0.25, -0.2) is 4.98 Å². The summed E-state index contributed by atoms with van der Waals surface area (Å²) in [6, 6.07) is 58.4. The van der Waals surface area contributed by atoms with Crippen LogP contribution >= 0.6 is 0 Å². The molecule has 246 valence electrons. The fraction of sp³-hybridized carbons (Fsp3) is 0. The maximum absolute atomic E-state index is 6.61. The number of furan rings is 2. The first-order valence-corrected chi connectivity index (χ1v) is 18.0. The van der Waals surface area contributed by atoms with E-state index in [1.807, 2.05) is 6.07 Å². The molecule has 4 nitrogen and oxygen atoms in total. The molecule has 0 aliphatic heterocycles. The lowest BCUT2D eigenvalue weighted by molar-refractivity contribution is 0.655. The summed E-state index contributed by atoms with van der Waals surface area (Å²) >= 11 is 0. The second-order valence-electron chi connectivity index (χ2n) is 13.8. The lowest BCUT2D eigenvalue weighted by Gasteiger charge is -2.18. The first-order valence-electron chi connectivity index (χ1n) is 18.0. The van der Waals surface area contributed by atoms with E-state index in [1.165, 1.54) is 43.4 Å². The highest BCUT2D eigenvalue weighted by molar-refractivity contribution is 6.29. The number of hydrogen-bond acceptors (Lipinski definition) is 3. The van der Waals surface area contributed by atoms with E-state index in [0.29, 0.717) is 5.71 Å². The van der Waals surface area contributed by atoms with E-state index in [1.54, 1.807) is 6.20 Å². The van der Waals surface area contributed by atoms with Crippen molar-refractivity contribution in [2.45, 2.75) is 0 Å². The van der Waals surface area contributed by atoms with Crippen LogP contribution in [0.4, 0.5) is 0 Å². The molecule has 0 atom stereocenters. The van der Waals surface area contributed by atoms with Gasteiger partial charge >= 0.3 is 0 Å². The van der Waals surface area contributed by atoms with E-state index < -0.39 is 0 Å². The molecule has 0 spiro atoms. The van der Waals surface area contributed by atoms with Gasteiger partial charge in [-0.1, -0.05) is 109 Å². The summed E-state index contributed by atoms with van der Waals surface area (Å²) in [5.41, 5.74) is 11.3. The molecule has 0 N–H and O–H groups in total. The zero-order valence-corrected chi connectivity index (χ0v) is 28.4. The van der Waals surface area contributed by atoms with Gasteiger partial charge in [0.1, 0.15) is 16.7 Å². The minimum Gasteiger partial charge on any atom is -0.456 e. The van der Waals surface area contributed by atoms with Crippen LogP contribution in [0.5, 0.6) is 0 Å². The molecule has 4 aromatic heterocycles. The average Bonchev–Trinajstić information content (AvgIpc) is 3.89. The van der Waals surface area contributed by atoms with Crippen molar-refractivity contribution in [2.75, 3.05) is 0 Å². The number of para-hydroxylation sites is 3. The Morgan fingerprint density at radius 3 is 1.87 bits per heavy atom. The van der Waals surface area contributed by atoms with Crippen LogP contribution in [-0.4, -0.2) is 9.55 Å². The molecular formula is C49H28N2O2. The standard InChI is InChI=1S/C49H28N2O2/c1-2-12-30(13-3-1)51-40-22-9-8-18-37(40)46-41(51)24-26-43-47(46)39-28-29(23-25-42(39)52-43)44-31-14-4-6-16-33(31)45(34-17-7-5-15-32(34)44)38-20-10-19-35-36-21-11-27-50-49(36)53-48(35)38/h1-28H. The summed E-state index contributed by atoms with van der Waals surface area (Å²) < 4.78 is 15.5. The molecule has 0 saturated carbocycles. The third-order valence-corrected chi connectivity index (χ3v) is 11.0. The molecule has 0 bridgehead atoms. The Morgan fingerprint density at radius 2 is 1.08 bits per heavy atom. The largest absolute Gasteiger partial charge is 0.456 e. The van der Waals surface area contributed by atoms with Gasteiger partial charge in [0.25, 0.3) is 0 Å². The molecule has 4 heteroatoms. The van der Waals surface area contributed by atoms with E-state index >= 15 is 0 Å². The van der Waals surface area contributed by atoms with Crippen molar-refractivity contribution in [2.24, 2.45) is 0 Å². The number of pyridine rings is 1. The quantitative estimate of drug-likeness (QED) is 0.175. The molecule has 0 unspecified atom stereocenters. The molecule has 4 heterocycles. The molecule has 0 aliphatic carbocycles. The molecule has 0 aliphatic rings. The molecule has 8 aromatic carbocycles. The van der Waals surface area contributed by atoms with Gasteiger partial charge in [0, 0.05) is 55.3 Å². The number of nitrogens with zero attached hydrogens (tertiary/aromatic N) is 2. The Balaban J connectivity index is 1.17. The van der Waals surface area contributed by atoms with Crippen molar-refractivity contribution in [3.8, 4) is 27.9 Å². The fourth-order valence-corrected chi connectivity index (χ4v) is 8.90. The maximum atomic E-state index is 6.61. The van der Waals surface area contributed by atoms with Gasteiger partial charge in [-0.05, 0) is 87.3 Å². The third kappa shape index (κ3) is 3.92. The number of benzene rings is 8. The molecule has 12 rings (SSSR count). The monoisotopic (exact) mass is 676 g/mol. The second-order valence-corrected chi connectivity index (χ2v) is 13.8. The fourth-order valence-electron chi connectivity index (χ4n) is 8.90. The smallest absolute Gasteiger partial charge is 0.227 e. The third-order valence-electron chi connectivity index (χ3n) is 11.0. The van der Waals surface area contributed by atoms with Crippen molar-refractivity contribution >= 4 is 87.4 Å². The molecule has 0 saturated heterocycles. The van der Waals surface area contributed by atoms with Crippen LogP contribution in [0.3, 0.4) is 0 Å². The minimum atomic E-state index is 0.654. The van der Waals surface area contributed by atoms with Gasteiger partial charge in [-0.15, -0.1) is 0 Å². The Morgan fingerprint density at radius 1 is 0.415 bits per heavy atom. The lowest BCUT2D eigenvalue weighted by Crippen LogP contribution is -1.92. The van der Waals surface area contributed by atoms with E-state index in [9.17, 15) is 0 Å². The summed E-state index contributed by atoms with van der Waals surface area (Å²) in [6.45, 7) is 0. The van der Waals surface area contributed by atoms with Gasteiger partial charge in [-0.2, -0.15) is 0 Å². The van der Waals surface area contributed by atoms with Crippen molar-refractivity contribution < 1.29 is 8.83 Å². The number of rotatable bonds is 3. The SMILES string of the molecule is c1ccc(-n2c3ccccc3c3c4c(ccc32)oc2ccc(-c3c5ccccc5c(-c5cccc6c5oc5ncccc56)c5ccccc35)cc24)cc1. The van der Waals surface area contributed by atoms with Crippen LogP contribution < -0.4 is 0 Å². The summed E-state index contributed by atoms with van der Waals surface area (Å²) in [6.07, 6.45) is 1.79. The zero-order valence-electron chi connectivity index (χ0n) is 28.4.